The Balaban J connectivity index is 1.45. The van der Waals surface area contributed by atoms with Crippen molar-refractivity contribution in [2.75, 3.05) is 6.54 Å². The zero-order valence-electron chi connectivity index (χ0n) is 24.1. The van der Waals surface area contributed by atoms with Crippen molar-refractivity contribution in [3.05, 3.63) is 34.3 Å². The molecular formula is C27H42BN5O7. The highest BCUT2D eigenvalue weighted by atomic mass is 16.7. The van der Waals surface area contributed by atoms with Crippen LogP contribution < -0.4 is 16.5 Å². The van der Waals surface area contributed by atoms with Crippen LogP contribution in [-0.2, 0) is 14.1 Å². The number of ketones is 1. The maximum Gasteiger partial charge on any atom is 0.481 e. The number of nitrogens with two attached hydrogens (primary N) is 1. The molecule has 5 rings (SSSR count). The molecule has 13 heteroatoms. The lowest BCUT2D eigenvalue weighted by Crippen LogP contribution is -2.65. The van der Waals surface area contributed by atoms with Gasteiger partial charge in [-0.25, -0.2) is 15.1 Å². The third-order valence-corrected chi connectivity index (χ3v) is 9.19. The lowest BCUT2D eigenvalue weighted by molar-refractivity contribution is -0.525. The normalized spacial score (nSPS) is 28.4. The minimum absolute atomic E-state index is 0.00426. The Labute approximate surface area is 235 Å². The van der Waals surface area contributed by atoms with Crippen molar-refractivity contribution < 1.29 is 28.3 Å². The summed E-state index contributed by atoms with van der Waals surface area (Å²) in [6.45, 7) is 11.1. The number of guanidine groups is 1. The standard InChI is InChI=1S/C27H42BN5O7/c1-16(2)11-23(28-39-22-14-19-13-21(26(19,3)4)27(22,5)40-28)31-24(35)17(12-20(34)18-8-10-38-15-18)7-6-9-30-25(29)32-33(36)37/h8,10,15-17,19,21-23H,6-7,9,11-14H2,1-5H3,(H,31,35)(H3,29,30,32)/t17-,19+,21+,22-,23+,27+/m1/s1. The van der Waals surface area contributed by atoms with Gasteiger partial charge in [-0.05, 0) is 68.3 Å². The molecule has 0 unspecified atom stereocenters. The number of rotatable bonds is 13. The van der Waals surface area contributed by atoms with Crippen LogP contribution in [0, 0.1) is 39.2 Å². The Kier molecular flexibility index (Phi) is 8.94. The number of hydrazine groups is 1. The fourth-order valence-corrected chi connectivity index (χ4v) is 6.87. The highest BCUT2D eigenvalue weighted by Gasteiger charge is 2.68. The van der Waals surface area contributed by atoms with Gasteiger partial charge in [-0.2, -0.15) is 0 Å². The Bertz CT molecular complexity index is 1110. The number of furan rings is 1. The lowest BCUT2D eigenvalue weighted by Gasteiger charge is -2.64. The van der Waals surface area contributed by atoms with Gasteiger partial charge in [0.05, 0.1) is 29.5 Å². The number of amides is 1. The Hall–Kier alpha value is -2.93. The third-order valence-electron chi connectivity index (χ3n) is 9.19. The summed E-state index contributed by atoms with van der Waals surface area (Å²) >= 11 is 0. The molecule has 4 fully saturated rings. The van der Waals surface area contributed by atoms with Crippen LogP contribution >= 0.6 is 0 Å². The monoisotopic (exact) mass is 559 g/mol. The minimum atomic E-state index is -0.790. The molecule has 3 aliphatic carbocycles. The van der Waals surface area contributed by atoms with E-state index in [-0.39, 0.29) is 54.0 Å². The highest BCUT2D eigenvalue weighted by Crippen LogP contribution is 2.65. The number of nitro groups is 1. The zero-order valence-corrected chi connectivity index (χ0v) is 24.1. The molecule has 40 heavy (non-hydrogen) atoms. The molecule has 12 nitrogen and oxygen atoms in total. The molecule has 1 amide bonds. The number of nitrogens with zero attached hydrogens (tertiary/aromatic N) is 2. The van der Waals surface area contributed by atoms with E-state index in [1.165, 1.54) is 12.5 Å². The molecule has 6 atom stereocenters. The van der Waals surface area contributed by atoms with Gasteiger partial charge in [0.25, 0.3) is 5.96 Å². The molecule has 1 aliphatic heterocycles. The highest BCUT2D eigenvalue weighted by molar-refractivity contribution is 6.47. The van der Waals surface area contributed by atoms with Gasteiger partial charge in [-0.15, -0.1) is 0 Å². The van der Waals surface area contributed by atoms with E-state index in [2.05, 4.69) is 44.9 Å². The second kappa shape index (κ2) is 11.9. The van der Waals surface area contributed by atoms with Crippen molar-refractivity contribution in [1.82, 2.24) is 10.7 Å². The topological polar surface area (TPSA) is 171 Å². The first kappa shape index (κ1) is 30.0. The van der Waals surface area contributed by atoms with Crippen LogP contribution in [0.1, 0.15) is 83.5 Å². The van der Waals surface area contributed by atoms with E-state index in [1.807, 2.05) is 0 Å². The van der Waals surface area contributed by atoms with Crippen molar-refractivity contribution in [3.8, 4) is 0 Å². The van der Waals surface area contributed by atoms with Gasteiger partial charge in [0.2, 0.25) is 5.91 Å². The number of hydrogen-bond acceptors (Lipinski definition) is 8. The van der Waals surface area contributed by atoms with E-state index in [0.717, 1.165) is 12.8 Å². The first-order valence-electron chi connectivity index (χ1n) is 14.2. The molecule has 1 saturated heterocycles. The van der Waals surface area contributed by atoms with Crippen molar-refractivity contribution in [2.24, 2.45) is 39.8 Å². The maximum absolute atomic E-state index is 13.7. The predicted molar refractivity (Wildman–Crippen MR) is 148 cm³/mol. The van der Waals surface area contributed by atoms with Gasteiger partial charge in [0, 0.05) is 18.9 Å². The molecule has 2 bridgehead atoms. The molecule has 0 aromatic carbocycles. The second-order valence-electron chi connectivity index (χ2n) is 12.7. The maximum atomic E-state index is 13.7. The van der Waals surface area contributed by atoms with Gasteiger partial charge < -0.3 is 24.8 Å². The molecule has 3 saturated carbocycles. The number of Topliss-reactive ketones (excluding diaryl/α,β-unsaturated/α-hetero) is 1. The molecule has 4 N–H and O–H groups in total. The van der Waals surface area contributed by atoms with Crippen LogP contribution in [0.25, 0.3) is 0 Å². The number of carbonyl (C=O) groups excluding carboxylic acids is 2. The predicted octanol–water partition coefficient (Wildman–Crippen LogP) is 3.14. The third kappa shape index (κ3) is 6.35. The number of hydrogen-bond donors (Lipinski definition) is 3. The quantitative estimate of drug-likeness (QED) is 0.0624. The first-order valence-corrected chi connectivity index (χ1v) is 14.2. The fraction of sp³-hybridized carbons (Fsp3) is 0.741. The van der Waals surface area contributed by atoms with Gasteiger partial charge in [0.1, 0.15) is 6.26 Å². The van der Waals surface area contributed by atoms with Crippen LogP contribution in [0.15, 0.2) is 28.0 Å². The molecule has 1 aromatic heterocycles. The fourth-order valence-electron chi connectivity index (χ4n) is 6.87. The summed E-state index contributed by atoms with van der Waals surface area (Å²) in [5.74, 6) is -0.517. The molecule has 0 radical (unpaired) electrons. The van der Waals surface area contributed by atoms with Crippen LogP contribution in [0.4, 0.5) is 0 Å². The van der Waals surface area contributed by atoms with E-state index in [1.54, 1.807) is 11.5 Å². The summed E-state index contributed by atoms with van der Waals surface area (Å²) in [5.41, 5.74) is 7.50. The molecule has 220 valence electrons. The largest absolute Gasteiger partial charge is 0.481 e. The summed E-state index contributed by atoms with van der Waals surface area (Å²) in [4.78, 5) is 41.0. The second-order valence-corrected chi connectivity index (χ2v) is 12.7. The van der Waals surface area contributed by atoms with Gasteiger partial charge in [0.15, 0.2) is 10.8 Å². The summed E-state index contributed by atoms with van der Waals surface area (Å²) in [5, 5.41) is 12.9. The number of carbonyl (C=O) groups is 2. The van der Waals surface area contributed by atoms with Crippen LogP contribution in [0.3, 0.4) is 0 Å². The SMILES string of the molecule is CC(C)C[C@H](NC(=O)[C@H](CCCN=C(N)N[N+](=O)[O-])CC(=O)c1ccoc1)B1O[C@@H]2C[C@@H]3C[C@@H](C3(C)C)[C@]2(C)O1. The Morgan fingerprint density at radius 2 is 2.05 bits per heavy atom. The van der Waals surface area contributed by atoms with Gasteiger partial charge in [-0.1, -0.05) is 33.1 Å². The summed E-state index contributed by atoms with van der Waals surface area (Å²) < 4.78 is 18.2. The lowest BCUT2D eigenvalue weighted by atomic mass is 9.43. The Morgan fingerprint density at radius 3 is 2.67 bits per heavy atom. The van der Waals surface area contributed by atoms with Gasteiger partial charge >= 0.3 is 7.12 Å². The molecule has 4 aliphatic rings. The van der Waals surface area contributed by atoms with E-state index >= 15 is 0 Å². The zero-order chi connectivity index (χ0) is 29.2. The molecule has 0 spiro atoms. The molecular weight excluding hydrogens is 517 g/mol. The van der Waals surface area contributed by atoms with Crippen LogP contribution in [-0.4, -0.2) is 54.0 Å². The summed E-state index contributed by atoms with van der Waals surface area (Å²) in [6.07, 6.45) is 6.25. The number of aliphatic imine (C=N–C) groups is 1. The van der Waals surface area contributed by atoms with Crippen molar-refractivity contribution in [3.63, 3.8) is 0 Å². The van der Waals surface area contributed by atoms with Crippen molar-refractivity contribution >= 4 is 24.8 Å². The summed E-state index contributed by atoms with van der Waals surface area (Å²) in [7, 11) is -0.570. The van der Waals surface area contributed by atoms with E-state index in [4.69, 9.17) is 19.5 Å². The first-order chi connectivity index (χ1) is 18.8. The minimum Gasteiger partial charge on any atom is -0.472 e. The van der Waals surface area contributed by atoms with E-state index in [0.29, 0.717) is 36.7 Å². The van der Waals surface area contributed by atoms with Crippen LogP contribution in [0.5, 0.6) is 0 Å². The van der Waals surface area contributed by atoms with Crippen molar-refractivity contribution in [2.45, 2.75) is 90.8 Å². The van der Waals surface area contributed by atoms with E-state index < -0.39 is 23.7 Å². The smallest absolute Gasteiger partial charge is 0.472 e. The van der Waals surface area contributed by atoms with Crippen molar-refractivity contribution in [1.29, 1.82) is 0 Å². The summed E-state index contributed by atoms with van der Waals surface area (Å²) in [6, 6.07) is 1.57. The number of nitrogens with one attached hydrogen (secondary N) is 2. The average molecular weight is 559 g/mol. The average Bonchev–Trinajstić information content (AvgIpc) is 3.52. The van der Waals surface area contributed by atoms with Gasteiger partial charge in [-0.3, -0.25) is 9.59 Å². The Morgan fingerprint density at radius 1 is 1.30 bits per heavy atom. The van der Waals surface area contributed by atoms with E-state index in [9.17, 15) is 19.7 Å². The molecule has 1 aromatic rings. The molecule has 2 heterocycles. The van der Waals surface area contributed by atoms with Crippen LogP contribution in [0.2, 0.25) is 0 Å².